The van der Waals surface area contributed by atoms with Crippen LogP contribution in [0.1, 0.15) is 46.0 Å². The van der Waals surface area contributed by atoms with E-state index in [1.54, 1.807) is 12.1 Å². The second kappa shape index (κ2) is 7.00. The fourth-order valence-electron chi connectivity index (χ4n) is 3.18. The zero-order chi connectivity index (χ0) is 14.7. The van der Waals surface area contributed by atoms with E-state index in [0.717, 1.165) is 23.9 Å². The van der Waals surface area contributed by atoms with E-state index in [-0.39, 0.29) is 10.0 Å². The Balaban J connectivity index is 1.99. The molecule has 20 heavy (non-hydrogen) atoms. The molecule has 2 atom stereocenters. The van der Waals surface area contributed by atoms with Crippen molar-refractivity contribution in [1.82, 2.24) is 0 Å². The van der Waals surface area contributed by atoms with Gasteiger partial charge in [0.15, 0.2) is 5.82 Å². The summed E-state index contributed by atoms with van der Waals surface area (Å²) in [5.41, 5.74) is 0.816. The van der Waals surface area contributed by atoms with Crippen LogP contribution >= 0.6 is 23.2 Å². The maximum Gasteiger partial charge on any atom is 0.160 e. The highest BCUT2D eigenvalue weighted by atomic mass is 35.5. The molecule has 0 heterocycles. The van der Waals surface area contributed by atoms with E-state index < -0.39 is 5.82 Å². The van der Waals surface area contributed by atoms with E-state index in [0.29, 0.717) is 6.04 Å². The summed E-state index contributed by atoms with van der Waals surface area (Å²) < 4.78 is 13.4. The van der Waals surface area contributed by atoms with Gasteiger partial charge < -0.3 is 5.32 Å². The first-order valence-electron chi connectivity index (χ1n) is 7.36. The number of anilines is 1. The maximum absolute atomic E-state index is 13.4. The Kier molecular flexibility index (Phi) is 5.57. The lowest BCUT2D eigenvalue weighted by atomic mass is 9.81. The van der Waals surface area contributed by atoms with E-state index in [9.17, 15) is 4.39 Å². The van der Waals surface area contributed by atoms with Crippen LogP contribution in [0, 0.1) is 17.7 Å². The number of benzene rings is 1. The molecule has 1 N–H and O–H groups in total. The largest absolute Gasteiger partial charge is 0.382 e. The molecule has 0 aliphatic heterocycles. The van der Waals surface area contributed by atoms with Crippen LogP contribution in [0.3, 0.4) is 0 Å². The quantitative estimate of drug-likeness (QED) is 0.657. The first-order chi connectivity index (χ1) is 9.45. The van der Waals surface area contributed by atoms with Gasteiger partial charge in [0.25, 0.3) is 0 Å². The molecule has 1 aliphatic carbocycles. The predicted molar refractivity (Wildman–Crippen MR) is 85.2 cm³/mol. The van der Waals surface area contributed by atoms with Crippen molar-refractivity contribution in [1.29, 1.82) is 0 Å². The van der Waals surface area contributed by atoms with Gasteiger partial charge >= 0.3 is 0 Å². The number of rotatable bonds is 4. The first kappa shape index (κ1) is 15.9. The second-order valence-corrected chi connectivity index (χ2v) is 7.07. The van der Waals surface area contributed by atoms with E-state index in [1.165, 1.54) is 25.7 Å². The Labute approximate surface area is 130 Å². The molecular weight excluding hydrogens is 296 g/mol. The summed E-state index contributed by atoms with van der Waals surface area (Å²) in [6.45, 7) is 4.55. The van der Waals surface area contributed by atoms with Crippen LogP contribution in [0.5, 0.6) is 0 Å². The molecular formula is C16H22Cl2FN. The topological polar surface area (TPSA) is 12.0 Å². The van der Waals surface area contributed by atoms with Crippen LogP contribution < -0.4 is 5.32 Å². The van der Waals surface area contributed by atoms with Crippen LogP contribution in [0.2, 0.25) is 10.0 Å². The summed E-state index contributed by atoms with van der Waals surface area (Å²) in [6.07, 6.45) is 6.17. The summed E-state index contributed by atoms with van der Waals surface area (Å²) in [7, 11) is 0. The third kappa shape index (κ3) is 4.26. The van der Waals surface area contributed by atoms with Crippen LogP contribution in [-0.4, -0.2) is 6.04 Å². The lowest BCUT2D eigenvalue weighted by Gasteiger charge is -2.31. The van der Waals surface area contributed by atoms with Crippen molar-refractivity contribution in [2.24, 2.45) is 11.8 Å². The maximum atomic E-state index is 13.4. The molecule has 0 radical (unpaired) electrons. The first-order valence-corrected chi connectivity index (χ1v) is 8.12. The van der Waals surface area contributed by atoms with Crippen molar-refractivity contribution >= 4 is 28.9 Å². The minimum absolute atomic E-state index is 0.0783. The van der Waals surface area contributed by atoms with Gasteiger partial charge in [-0.15, -0.1) is 0 Å². The zero-order valence-electron chi connectivity index (χ0n) is 12.1. The van der Waals surface area contributed by atoms with Gasteiger partial charge in [0.05, 0.1) is 10.0 Å². The molecule has 2 unspecified atom stereocenters. The van der Waals surface area contributed by atoms with Crippen molar-refractivity contribution in [3.63, 3.8) is 0 Å². The molecule has 0 aromatic heterocycles. The Hall–Kier alpha value is -0.470. The van der Waals surface area contributed by atoms with Crippen LogP contribution in [0.25, 0.3) is 0 Å². The van der Waals surface area contributed by atoms with Crippen molar-refractivity contribution in [2.75, 3.05) is 5.32 Å². The number of hydrogen-bond acceptors (Lipinski definition) is 1. The normalized spacial score (nSPS) is 23.1. The monoisotopic (exact) mass is 317 g/mol. The summed E-state index contributed by atoms with van der Waals surface area (Å²) >= 11 is 11.7. The Bertz CT molecular complexity index is 439. The van der Waals surface area contributed by atoms with Crippen molar-refractivity contribution in [3.8, 4) is 0 Å². The van der Waals surface area contributed by atoms with E-state index in [2.05, 4.69) is 19.2 Å². The smallest absolute Gasteiger partial charge is 0.160 e. The fraction of sp³-hybridized carbons (Fsp3) is 0.625. The number of halogens is 3. The number of nitrogens with one attached hydrogen (secondary N) is 1. The third-order valence-corrected chi connectivity index (χ3v) is 4.49. The molecule has 0 saturated heterocycles. The van der Waals surface area contributed by atoms with Gasteiger partial charge in [0.1, 0.15) is 0 Å². The van der Waals surface area contributed by atoms with Crippen LogP contribution in [0.15, 0.2) is 12.1 Å². The van der Waals surface area contributed by atoms with Gasteiger partial charge in [0, 0.05) is 11.7 Å². The predicted octanol–water partition coefficient (Wildman–Crippen LogP) is 6.15. The van der Waals surface area contributed by atoms with Crippen molar-refractivity contribution < 1.29 is 4.39 Å². The molecule has 112 valence electrons. The Morgan fingerprint density at radius 1 is 1.25 bits per heavy atom. The minimum Gasteiger partial charge on any atom is -0.382 e. The van der Waals surface area contributed by atoms with Gasteiger partial charge in [0.2, 0.25) is 0 Å². The van der Waals surface area contributed by atoms with Gasteiger partial charge in [-0.2, -0.15) is 0 Å². The molecule has 0 spiro atoms. The third-order valence-electron chi connectivity index (χ3n) is 3.94. The number of hydrogen-bond donors (Lipinski definition) is 1. The average Bonchev–Trinajstić information content (AvgIpc) is 2.35. The lowest BCUT2D eigenvalue weighted by Crippen LogP contribution is -2.28. The van der Waals surface area contributed by atoms with Gasteiger partial charge in [-0.25, -0.2) is 4.39 Å². The summed E-state index contributed by atoms with van der Waals surface area (Å²) in [5, 5.41) is 3.61. The lowest BCUT2D eigenvalue weighted by molar-refractivity contribution is 0.289. The van der Waals surface area contributed by atoms with Crippen molar-refractivity contribution in [3.05, 3.63) is 28.0 Å². The van der Waals surface area contributed by atoms with Gasteiger partial charge in [-0.05, 0) is 43.2 Å². The van der Waals surface area contributed by atoms with Crippen LogP contribution in [0.4, 0.5) is 10.1 Å². The Morgan fingerprint density at radius 2 is 1.90 bits per heavy atom. The molecule has 2 rings (SSSR count). The van der Waals surface area contributed by atoms with E-state index >= 15 is 0 Å². The SMILES string of the molecule is CC(C)CC1CCCC(Nc2cc(Cl)c(F)c(Cl)c2)C1. The fourth-order valence-corrected chi connectivity index (χ4v) is 3.66. The molecule has 1 fully saturated rings. The Morgan fingerprint density at radius 3 is 2.50 bits per heavy atom. The second-order valence-electron chi connectivity index (χ2n) is 6.26. The molecule has 1 aromatic carbocycles. The highest BCUT2D eigenvalue weighted by Gasteiger charge is 2.22. The molecule has 1 saturated carbocycles. The molecule has 0 amide bonds. The molecule has 1 nitrogen and oxygen atoms in total. The average molecular weight is 318 g/mol. The standard InChI is InChI=1S/C16H22Cl2FN/c1-10(2)6-11-4-3-5-12(7-11)20-13-8-14(17)16(19)15(18)9-13/h8-12,20H,3-7H2,1-2H3. The highest BCUT2D eigenvalue weighted by Crippen LogP contribution is 2.33. The highest BCUT2D eigenvalue weighted by molar-refractivity contribution is 6.35. The molecule has 4 heteroatoms. The van der Waals surface area contributed by atoms with Gasteiger partial charge in [-0.1, -0.05) is 49.9 Å². The molecule has 1 aliphatic rings. The molecule has 0 bridgehead atoms. The van der Waals surface area contributed by atoms with Gasteiger partial charge in [-0.3, -0.25) is 0 Å². The van der Waals surface area contributed by atoms with Crippen molar-refractivity contribution in [2.45, 2.75) is 52.0 Å². The van der Waals surface area contributed by atoms with E-state index in [1.807, 2.05) is 0 Å². The van der Waals surface area contributed by atoms with E-state index in [4.69, 9.17) is 23.2 Å². The summed E-state index contributed by atoms with van der Waals surface area (Å²) in [6, 6.07) is 3.68. The summed E-state index contributed by atoms with van der Waals surface area (Å²) in [5.74, 6) is 0.987. The zero-order valence-corrected chi connectivity index (χ0v) is 13.6. The summed E-state index contributed by atoms with van der Waals surface area (Å²) in [4.78, 5) is 0. The minimum atomic E-state index is -0.541. The molecule has 1 aromatic rings. The van der Waals surface area contributed by atoms with Crippen LogP contribution in [-0.2, 0) is 0 Å².